The van der Waals surface area contributed by atoms with Crippen LogP contribution in [0.25, 0.3) is 0 Å². The van der Waals surface area contributed by atoms with Crippen molar-refractivity contribution in [2.45, 2.75) is 0 Å². The Bertz CT molecular complexity index is 327. The molecule has 1 rings (SSSR count). The van der Waals surface area contributed by atoms with Gasteiger partial charge in [0.25, 0.3) is 0 Å². The van der Waals surface area contributed by atoms with Crippen LogP contribution < -0.4 is 4.74 Å². The van der Waals surface area contributed by atoms with Gasteiger partial charge in [-0.25, -0.2) is 4.79 Å². The van der Waals surface area contributed by atoms with E-state index in [1.54, 1.807) is 0 Å². The molecule has 1 aromatic rings. The maximum Gasteiger partial charge on any atom is 0.343 e. The second-order valence-electron chi connectivity index (χ2n) is 2.19. The summed E-state index contributed by atoms with van der Waals surface area (Å²) in [6.07, 6.45) is 2.74. The second kappa shape index (κ2) is 4.09. The molecule has 0 amide bonds. The number of hydrogen-bond acceptors (Lipinski definition) is 4. The topological polar surface area (TPSA) is 48.4 Å². The molecule has 13 heavy (non-hydrogen) atoms. The summed E-state index contributed by atoms with van der Waals surface area (Å²) in [7, 11) is 2.70. The van der Waals surface area contributed by atoms with Crippen molar-refractivity contribution >= 4 is 17.6 Å². The number of esters is 1. The molecule has 0 aliphatic carbocycles. The number of pyridine rings is 1. The van der Waals surface area contributed by atoms with Crippen molar-refractivity contribution in [1.82, 2.24) is 4.98 Å². The van der Waals surface area contributed by atoms with E-state index in [-0.39, 0.29) is 16.3 Å². The normalized spacial score (nSPS) is 9.46. The van der Waals surface area contributed by atoms with Gasteiger partial charge in [0.15, 0.2) is 5.75 Å². The molecular weight excluding hydrogens is 194 g/mol. The first kappa shape index (κ1) is 9.80. The Kier molecular flexibility index (Phi) is 3.08. The van der Waals surface area contributed by atoms with Crippen LogP contribution in [0.3, 0.4) is 0 Å². The molecule has 0 N–H and O–H groups in total. The molecule has 1 heterocycles. The van der Waals surface area contributed by atoms with Crippen molar-refractivity contribution in [3.8, 4) is 5.75 Å². The minimum Gasteiger partial charge on any atom is -0.494 e. The Labute approximate surface area is 80.4 Å². The molecule has 0 radical (unpaired) electrons. The second-order valence-corrected chi connectivity index (χ2v) is 2.60. The minimum atomic E-state index is -0.521. The number of carbonyl (C=O) groups is 1. The van der Waals surface area contributed by atoms with Gasteiger partial charge >= 0.3 is 5.97 Å². The van der Waals surface area contributed by atoms with E-state index in [1.807, 2.05) is 0 Å². The standard InChI is InChI=1S/C8H8ClNO3/c1-12-7-5(8(11)13-2)3-10-4-6(7)9/h3-4H,1-2H3. The molecule has 0 spiro atoms. The number of hydrogen-bond donors (Lipinski definition) is 0. The third-order valence-electron chi connectivity index (χ3n) is 1.46. The Morgan fingerprint density at radius 3 is 2.69 bits per heavy atom. The molecule has 0 fully saturated rings. The van der Waals surface area contributed by atoms with Gasteiger partial charge in [0.2, 0.25) is 0 Å². The van der Waals surface area contributed by atoms with Gasteiger partial charge in [0.05, 0.1) is 14.2 Å². The fourth-order valence-corrected chi connectivity index (χ4v) is 1.12. The summed E-state index contributed by atoms with van der Waals surface area (Å²) < 4.78 is 9.44. The third kappa shape index (κ3) is 1.89. The number of halogens is 1. The largest absolute Gasteiger partial charge is 0.494 e. The molecule has 0 aromatic carbocycles. The van der Waals surface area contributed by atoms with Crippen molar-refractivity contribution in [2.24, 2.45) is 0 Å². The molecule has 0 bridgehead atoms. The predicted octanol–water partition coefficient (Wildman–Crippen LogP) is 1.53. The summed E-state index contributed by atoms with van der Waals surface area (Å²) in [5.74, 6) is -0.240. The van der Waals surface area contributed by atoms with E-state index in [0.717, 1.165) is 0 Å². The molecule has 0 aliphatic rings. The third-order valence-corrected chi connectivity index (χ3v) is 1.73. The van der Waals surface area contributed by atoms with E-state index < -0.39 is 5.97 Å². The molecular formula is C8H8ClNO3. The van der Waals surface area contributed by atoms with Crippen molar-refractivity contribution in [3.63, 3.8) is 0 Å². The zero-order valence-corrected chi connectivity index (χ0v) is 7.96. The van der Waals surface area contributed by atoms with Crippen LogP contribution in [0.2, 0.25) is 5.02 Å². The first-order valence-corrected chi connectivity index (χ1v) is 3.84. The van der Waals surface area contributed by atoms with Gasteiger partial charge in [-0.2, -0.15) is 0 Å². The molecule has 0 saturated carbocycles. The lowest BCUT2D eigenvalue weighted by atomic mass is 10.2. The van der Waals surface area contributed by atoms with Crippen molar-refractivity contribution < 1.29 is 14.3 Å². The maximum absolute atomic E-state index is 11.1. The van der Waals surface area contributed by atoms with Crippen molar-refractivity contribution in [3.05, 3.63) is 23.0 Å². The van der Waals surface area contributed by atoms with Gasteiger partial charge in [-0.05, 0) is 0 Å². The van der Waals surface area contributed by atoms with E-state index in [2.05, 4.69) is 9.72 Å². The Balaban J connectivity index is 3.20. The summed E-state index contributed by atoms with van der Waals surface area (Å²) in [5.41, 5.74) is 0.220. The number of methoxy groups -OCH3 is 2. The zero-order valence-electron chi connectivity index (χ0n) is 7.20. The molecule has 0 saturated heterocycles. The van der Waals surface area contributed by atoms with Crippen LogP contribution in [-0.2, 0) is 4.74 Å². The molecule has 70 valence electrons. The van der Waals surface area contributed by atoms with Crippen molar-refractivity contribution in [2.75, 3.05) is 14.2 Å². The lowest BCUT2D eigenvalue weighted by Gasteiger charge is -2.06. The van der Waals surface area contributed by atoms with Crippen LogP contribution in [0, 0.1) is 0 Å². The van der Waals surface area contributed by atoms with Gasteiger partial charge in [0, 0.05) is 12.4 Å². The number of carbonyl (C=O) groups excluding carboxylic acids is 1. The van der Waals surface area contributed by atoms with Gasteiger partial charge in [-0.3, -0.25) is 4.98 Å². The Hall–Kier alpha value is -1.29. The van der Waals surface area contributed by atoms with Crippen molar-refractivity contribution in [1.29, 1.82) is 0 Å². The lowest BCUT2D eigenvalue weighted by Crippen LogP contribution is -2.04. The first-order valence-electron chi connectivity index (χ1n) is 3.46. The predicted molar refractivity (Wildman–Crippen MR) is 47.1 cm³/mol. The fraction of sp³-hybridized carbons (Fsp3) is 0.250. The highest BCUT2D eigenvalue weighted by Crippen LogP contribution is 2.27. The SMILES string of the molecule is COC(=O)c1cncc(Cl)c1OC. The molecule has 4 nitrogen and oxygen atoms in total. The summed E-state index contributed by atoms with van der Waals surface area (Å²) in [4.78, 5) is 14.9. The minimum absolute atomic E-state index is 0.220. The van der Waals surface area contributed by atoms with E-state index in [4.69, 9.17) is 16.3 Å². The summed E-state index contributed by atoms with van der Waals surface area (Å²) in [6.45, 7) is 0. The monoisotopic (exact) mass is 201 g/mol. The van der Waals surface area contributed by atoms with Crippen LogP contribution >= 0.6 is 11.6 Å². The molecule has 0 atom stereocenters. The van der Waals surface area contributed by atoms with Gasteiger partial charge in [-0.15, -0.1) is 0 Å². The highest BCUT2D eigenvalue weighted by molar-refractivity contribution is 6.32. The van der Waals surface area contributed by atoms with E-state index in [1.165, 1.54) is 26.6 Å². The van der Waals surface area contributed by atoms with Gasteiger partial charge in [0.1, 0.15) is 10.6 Å². The van der Waals surface area contributed by atoms with Crippen LogP contribution in [-0.4, -0.2) is 25.2 Å². The number of ether oxygens (including phenoxy) is 2. The zero-order chi connectivity index (χ0) is 9.84. The fourth-order valence-electron chi connectivity index (χ4n) is 0.886. The molecule has 0 aliphatic heterocycles. The maximum atomic E-state index is 11.1. The number of nitrogens with zero attached hydrogens (tertiary/aromatic N) is 1. The lowest BCUT2D eigenvalue weighted by molar-refractivity contribution is 0.0596. The summed E-state index contributed by atoms with van der Waals surface area (Å²) >= 11 is 5.74. The summed E-state index contributed by atoms with van der Waals surface area (Å²) in [6, 6.07) is 0. The number of rotatable bonds is 2. The van der Waals surface area contributed by atoms with Gasteiger partial charge < -0.3 is 9.47 Å². The Morgan fingerprint density at radius 2 is 2.15 bits per heavy atom. The van der Waals surface area contributed by atoms with E-state index >= 15 is 0 Å². The van der Waals surface area contributed by atoms with Crippen LogP contribution in [0.1, 0.15) is 10.4 Å². The number of aromatic nitrogens is 1. The molecule has 0 unspecified atom stereocenters. The smallest absolute Gasteiger partial charge is 0.343 e. The molecule has 5 heteroatoms. The van der Waals surface area contributed by atoms with Gasteiger partial charge in [-0.1, -0.05) is 11.6 Å². The highest BCUT2D eigenvalue weighted by Gasteiger charge is 2.15. The quantitative estimate of drug-likeness (QED) is 0.681. The molecule has 1 aromatic heterocycles. The average Bonchev–Trinajstić information content (AvgIpc) is 2.16. The average molecular weight is 202 g/mol. The highest BCUT2D eigenvalue weighted by atomic mass is 35.5. The Morgan fingerprint density at radius 1 is 1.46 bits per heavy atom. The van der Waals surface area contributed by atoms with Crippen LogP contribution in [0.15, 0.2) is 12.4 Å². The summed E-state index contributed by atoms with van der Waals surface area (Å²) in [5, 5.41) is 0.283. The first-order chi connectivity index (χ1) is 6.20. The van der Waals surface area contributed by atoms with E-state index in [9.17, 15) is 4.79 Å². The van der Waals surface area contributed by atoms with E-state index in [0.29, 0.717) is 0 Å². The van der Waals surface area contributed by atoms with Crippen LogP contribution in [0.4, 0.5) is 0 Å². The van der Waals surface area contributed by atoms with Crippen LogP contribution in [0.5, 0.6) is 5.75 Å².